The molecule has 2 amide bonds. The normalized spacial score (nSPS) is 10.6. The fourth-order valence-corrected chi connectivity index (χ4v) is 2.93. The lowest BCUT2D eigenvalue weighted by atomic mass is 10.1. The molecule has 0 spiro atoms. The predicted octanol–water partition coefficient (Wildman–Crippen LogP) is 1.09. The number of aromatic nitrogens is 5. The summed E-state index contributed by atoms with van der Waals surface area (Å²) in [6.07, 6.45) is 3.59. The first-order valence-corrected chi connectivity index (χ1v) is 9.70. The minimum Gasteiger partial charge on any atom is -0.471 e. The number of benzene rings is 1. The maximum atomic E-state index is 12.3. The van der Waals surface area contributed by atoms with Gasteiger partial charge < -0.3 is 26.1 Å². The molecule has 1 aromatic carbocycles. The lowest BCUT2D eigenvalue weighted by Gasteiger charge is -2.09. The van der Waals surface area contributed by atoms with Crippen molar-refractivity contribution in [1.82, 2.24) is 35.6 Å². The summed E-state index contributed by atoms with van der Waals surface area (Å²) in [4.78, 5) is 41.9. The lowest BCUT2D eigenvalue weighted by Crippen LogP contribution is -2.23. The molecule has 0 saturated carbocycles. The van der Waals surface area contributed by atoms with E-state index >= 15 is 0 Å². The second-order valence-corrected chi connectivity index (χ2v) is 6.81. The second kappa shape index (κ2) is 9.51. The molecule has 3 aromatic heterocycles. The summed E-state index contributed by atoms with van der Waals surface area (Å²) in [5.41, 5.74) is 9.69. The molecule has 0 fully saturated rings. The number of H-pyrrole nitrogens is 1. The largest absolute Gasteiger partial charge is 0.471 e. The zero-order chi connectivity index (χ0) is 22.3. The van der Waals surface area contributed by atoms with Crippen LogP contribution in [-0.4, -0.2) is 37.2 Å². The van der Waals surface area contributed by atoms with Gasteiger partial charge in [-0.15, -0.1) is 0 Å². The van der Waals surface area contributed by atoms with Crippen LogP contribution in [0, 0.1) is 0 Å². The quantitative estimate of drug-likeness (QED) is 0.286. The lowest BCUT2D eigenvalue weighted by molar-refractivity contribution is -0.109. The van der Waals surface area contributed by atoms with Gasteiger partial charge in [-0.2, -0.15) is 9.97 Å². The molecule has 0 aliphatic rings. The van der Waals surface area contributed by atoms with E-state index in [1.807, 2.05) is 24.3 Å². The summed E-state index contributed by atoms with van der Waals surface area (Å²) in [6, 6.07) is 11.0. The number of nitrogens with two attached hydrogens (primary N) is 1. The van der Waals surface area contributed by atoms with Crippen LogP contribution in [0.15, 0.2) is 48.9 Å². The first kappa shape index (κ1) is 20.7. The number of carbonyl (C=O) groups excluding carboxylic acids is 2. The van der Waals surface area contributed by atoms with Gasteiger partial charge in [0, 0.05) is 12.7 Å². The molecule has 0 saturated heterocycles. The number of rotatable bonds is 9. The highest BCUT2D eigenvalue weighted by molar-refractivity contribution is 5.93. The van der Waals surface area contributed by atoms with Gasteiger partial charge in [0.2, 0.25) is 18.2 Å². The van der Waals surface area contributed by atoms with Crippen molar-refractivity contribution in [3.8, 4) is 5.88 Å². The van der Waals surface area contributed by atoms with E-state index in [9.17, 15) is 9.59 Å². The molecule has 32 heavy (non-hydrogen) atoms. The monoisotopic (exact) mass is 432 g/mol. The molecule has 0 aliphatic heterocycles. The zero-order valence-corrected chi connectivity index (χ0v) is 16.9. The smallest absolute Gasteiger partial charge is 0.253 e. The van der Waals surface area contributed by atoms with E-state index in [1.165, 1.54) is 12.5 Å². The molecule has 11 nitrogen and oxygen atoms in total. The number of nitrogens with zero attached hydrogens (tertiary/aromatic N) is 4. The minimum atomic E-state index is -0.232. The van der Waals surface area contributed by atoms with Crippen molar-refractivity contribution >= 4 is 29.4 Å². The Labute approximate surface area is 182 Å². The van der Waals surface area contributed by atoms with Gasteiger partial charge in [0.1, 0.15) is 12.1 Å². The van der Waals surface area contributed by atoms with Crippen molar-refractivity contribution in [2.75, 3.05) is 5.73 Å². The summed E-state index contributed by atoms with van der Waals surface area (Å²) in [6.45, 7) is 0.971. The number of hydrogen-bond donors (Lipinski definition) is 4. The van der Waals surface area contributed by atoms with Crippen molar-refractivity contribution in [1.29, 1.82) is 0 Å². The number of ether oxygens (including phenoxy) is 1. The second-order valence-electron chi connectivity index (χ2n) is 6.81. The van der Waals surface area contributed by atoms with Crippen LogP contribution in [0.2, 0.25) is 0 Å². The van der Waals surface area contributed by atoms with Gasteiger partial charge in [-0.25, -0.2) is 4.98 Å². The number of pyridine rings is 1. The number of aromatic amines is 1. The van der Waals surface area contributed by atoms with Crippen LogP contribution < -0.4 is 21.1 Å². The Balaban J connectivity index is 1.30. The average Bonchev–Trinajstić information content (AvgIpc) is 3.29. The predicted molar refractivity (Wildman–Crippen MR) is 115 cm³/mol. The topological polar surface area (TPSA) is 161 Å². The third kappa shape index (κ3) is 4.95. The number of carbonyl (C=O) groups is 2. The van der Waals surface area contributed by atoms with Gasteiger partial charge in [0.25, 0.3) is 5.91 Å². The molecule has 4 rings (SSSR count). The number of imidazole rings is 1. The Morgan fingerprint density at radius 2 is 1.88 bits per heavy atom. The molecule has 3 heterocycles. The van der Waals surface area contributed by atoms with Gasteiger partial charge in [-0.05, 0) is 23.3 Å². The van der Waals surface area contributed by atoms with Gasteiger partial charge in [0.15, 0.2) is 5.65 Å². The van der Waals surface area contributed by atoms with Crippen LogP contribution in [0.5, 0.6) is 5.88 Å². The van der Waals surface area contributed by atoms with E-state index in [0.717, 1.165) is 11.1 Å². The molecule has 0 unspecified atom stereocenters. The molecule has 4 aromatic rings. The number of fused-ring (bicyclic) bond motifs is 1. The van der Waals surface area contributed by atoms with Crippen molar-refractivity contribution in [3.05, 3.63) is 71.3 Å². The minimum absolute atomic E-state index is 0.0909. The van der Waals surface area contributed by atoms with Crippen LogP contribution in [0.4, 0.5) is 5.95 Å². The first-order valence-electron chi connectivity index (χ1n) is 9.70. The van der Waals surface area contributed by atoms with Gasteiger partial charge in [-0.1, -0.05) is 24.3 Å². The van der Waals surface area contributed by atoms with Crippen molar-refractivity contribution < 1.29 is 14.3 Å². The number of nitrogens with one attached hydrogen (secondary N) is 3. The van der Waals surface area contributed by atoms with E-state index < -0.39 is 0 Å². The number of anilines is 1. The Bertz CT molecular complexity index is 1220. The Morgan fingerprint density at radius 1 is 1.06 bits per heavy atom. The van der Waals surface area contributed by atoms with E-state index in [1.54, 1.807) is 12.1 Å². The third-order valence-corrected chi connectivity index (χ3v) is 4.57. The van der Waals surface area contributed by atoms with E-state index in [0.29, 0.717) is 47.8 Å². The van der Waals surface area contributed by atoms with Crippen LogP contribution >= 0.6 is 0 Å². The standard InChI is InChI=1S/C21H20N8O3/c22-21-28-18-17(26-11-27-18)20(29-21)32-10-14-3-1-13(2-4-14)7-25-19(31)15-5-6-16(24-8-15)9-23-12-30/h1-6,8,11-12H,7,9-10H2,(H,23,30)(H,25,31)(H3,22,26,27,28,29). The molecular weight excluding hydrogens is 412 g/mol. The highest BCUT2D eigenvalue weighted by Gasteiger charge is 2.10. The van der Waals surface area contributed by atoms with E-state index in [-0.39, 0.29) is 18.5 Å². The Hall–Kier alpha value is -4.54. The molecule has 0 bridgehead atoms. The van der Waals surface area contributed by atoms with Gasteiger partial charge >= 0.3 is 0 Å². The van der Waals surface area contributed by atoms with Crippen LogP contribution in [0.3, 0.4) is 0 Å². The molecule has 0 aliphatic carbocycles. The van der Waals surface area contributed by atoms with Crippen molar-refractivity contribution in [2.45, 2.75) is 19.7 Å². The SMILES string of the molecule is Nc1nc(OCc2ccc(CNC(=O)c3ccc(CNC=O)nc3)cc2)c2[nH]cnc2n1. The van der Waals surface area contributed by atoms with E-state index in [2.05, 4.69) is 35.6 Å². The number of hydrogen-bond acceptors (Lipinski definition) is 8. The fraction of sp³-hybridized carbons (Fsp3) is 0.143. The molecule has 11 heteroatoms. The summed E-state index contributed by atoms with van der Waals surface area (Å²) in [5, 5.41) is 5.38. The van der Waals surface area contributed by atoms with Gasteiger partial charge in [0.05, 0.1) is 24.1 Å². The fourth-order valence-electron chi connectivity index (χ4n) is 2.93. The molecule has 5 N–H and O–H groups in total. The van der Waals surface area contributed by atoms with Crippen molar-refractivity contribution in [2.24, 2.45) is 0 Å². The van der Waals surface area contributed by atoms with Crippen LogP contribution in [0.1, 0.15) is 27.2 Å². The summed E-state index contributed by atoms with van der Waals surface area (Å²) >= 11 is 0. The molecule has 162 valence electrons. The average molecular weight is 432 g/mol. The highest BCUT2D eigenvalue weighted by atomic mass is 16.5. The maximum Gasteiger partial charge on any atom is 0.253 e. The summed E-state index contributed by atoms with van der Waals surface area (Å²) in [7, 11) is 0. The molecular formula is C21H20N8O3. The molecule has 0 radical (unpaired) electrons. The van der Waals surface area contributed by atoms with E-state index in [4.69, 9.17) is 10.5 Å². The highest BCUT2D eigenvalue weighted by Crippen LogP contribution is 2.20. The summed E-state index contributed by atoms with van der Waals surface area (Å²) in [5.74, 6) is 0.195. The van der Waals surface area contributed by atoms with Crippen molar-refractivity contribution in [3.63, 3.8) is 0 Å². The summed E-state index contributed by atoms with van der Waals surface area (Å²) < 4.78 is 5.77. The van der Waals surface area contributed by atoms with Crippen LogP contribution in [-0.2, 0) is 24.5 Å². The first-order chi connectivity index (χ1) is 15.6. The maximum absolute atomic E-state index is 12.3. The van der Waals surface area contributed by atoms with Crippen LogP contribution in [0.25, 0.3) is 11.2 Å². The third-order valence-electron chi connectivity index (χ3n) is 4.57. The Morgan fingerprint density at radius 3 is 2.62 bits per heavy atom. The number of amides is 2. The Kier molecular flexibility index (Phi) is 6.16. The zero-order valence-electron chi connectivity index (χ0n) is 16.9. The van der Waals surface area contributed by atoms with Gasteiger partial charge in [-0.3, -0.25) is 14.6 Å². The number of nitrogen functional groups attached to an aromatic ring is 1. The molecule has 0 atom stereocenters.